The van der Waals surface area contributed by atoms with E-state index in [1.807, 2.05) is 26.9 Å². The first-order valence-corrected chi connectivity index (χ1v) is 10.2. The Bertz CT molecular complexity index is 300. The Labute approximate surface area is 120 Å². The Morgan fingerprint density at radius 2 is 1.74 bits per heavy atom. The maximum absolute atomic E-state index is 12.1. The summed E-state index contributed by atoms with van der Waals surface area (Å²) in [4.78, 5) is 12.1. The van der Waals surface area contributed by atoms with E-state index in [4.69, 9.17) is 4.43 Å². The van der Waals surface area contributed by atoms with E-state index in [0.29, 0.717) is 12.3 Å². The average Bonchev–Trinajstić information content (AvgIpc) is 2.26. The van der Waals surface area contributed by atoms with E-state index in [0.717, 1.165) is 6.42 Å². The van der Waals surface area contributed by atoms with Crippen LogP contribution < -0.4 is 0 Å². The molecule has 2 unspecified atom stereocenters. The van der Waals surface area contributed by atoms with Gasteiger partial charge in [0.2, 0.25) is 0 Å². The quantitative estimate of drug-likeness (QED) is 0.688. The highest BCUT2D eigenvalue weighted by atomic mass is 28.3. The molecule has 0 bridgehead atoms. The molecule has 0 radical (unpaired) electrons. The van der Waals surface area contributed by atoms with Gasteiger partial charge in [0.05, 0.1) is 0 Å². The molecular formula is C15H32O3Si. The van der Waals surface area contributed by atoms with Gasteiger partial charge in [0.1, 0.15) is 0 Å². The van der Waals surface area contributed by atoms with Crippen LogP contribution in [0.2, 0.25) is 13.1 Å². The van der Waals surface area contributed by atoms with Crippen LogP contribution in [0.1, 0.15) is 54.4 Å². The second-order valence-electron chi connectivity index (χ2n) is 6.89. The molecule has 3 nitrogen and oxygen atoms in total. The first-order valence-electron chi connectivity index (χ1n) is 7.42. The van der Waals surface area contributed by atoms with E-state index in [9.17, 15) is 9.90 Å². The van der Waals surface area contributed by atoms with E-state index in [-0.39, 0.29) is 11.3 Å². The van der Waals surface area contributed by atoms with E-state index in [1.54, 1.807) is 0 Å². The highest BCUT2D eigenvalue weighted by molar-refractivity contribution is 6.48. The number of hydrogen-bond donors (Lipinski definition) is 1. The summed E-state index contributed by atoms with van der Waals surface area (Å²) in [7, 11) is -1.44. The van der Waals surface area contributed by atoms with Crippen LogP contribution in [-0.2, 0) is 9.22 Å². The monoisotopic (exact) mass is 288 g/mol. The van der Waals surface area contributed by atoms with Crippen molar-refractivity contribution in [1.82, 2.24) is 0 Å². The molecule has 0 saturated heterocycles. The summed E-state index contributed by atoms with van der Waals surface area (Å²) in [5.41, 5.74) is -1.45. The van der Waals surface area contributed by atoms with Crippen LogP contribution in [-0.4, -0.2) is 25.7 Å². The van der Waals surface area contributed by atoms with Crippen LogP contribution in [0, 0.1) is 17.3 Å². The normalized spacial score (nSPS) is 17.6. The van der Waals surface area contributed by atoms with Crippen molar-refractivity contribution >= 4 is 15.0 Å². The molecule has 0 spiro atoms. The number of carbonyl (C=O) groups is 1. The van der Waals surface area contributed by atoms with Gasteiger partial charge in [0, 0.05) is 5.41 Å². The van der Waals surface area contributed by atoms with Crippen LogP contribution in [0.25, 0.3) is 0 Å². The second-order valence-corrected chi connectivity index (χ2v) is 9.23. The Hall–Kier alpha value is -0.353. The first-order chi connectivity index (χ1) is 8.51. The Kier molecular flexibility index (Phi) is 6.76. The van der Waals surface area contributed by atoms with Crippen molar-refractivity contribution < 1.29 is 14.3 Å². The lowest BCUT2D eigenvalue weighted by Crippen LogP contribution is -2.58. The fourth-order valence-corrected chi connectivity index (χ4v) is 3.69. The molecule has 0 aliphatic rings. The van der Waals surface area contributed by atoms with E-state index in [1.165, 1.54) is 0 Å². The molecule has 19 heavy (non-hydrogen) atoms. The zero-order valence-corrected chi connectivity index (χ0v) is 15.1. The van der Waals surface area contributed by atoms with Gasteiger partial charge in [-0.05, 0) is 31.4 Å². The molecule has 0 aliphatic carbocycles. The lowest BCUT2D eigenvalue weighted by atomic mass is 9.64. The molecule has 2 atom stereocenters. The van der Waals surface area contributed by atoms with E-state index < -0.39 is 20.6 Å². The molecule has 0 rings (SSSR count). The summed E-state index contributed by atoms with van der Waals surface area (Å²) >= 11 is 0. The van der Waals surface area contributed by atoms with Gasteiger partial charge in [-0.3, -0.25) is 0 Å². The van der Waals surface area contributed by atoms with Crippen LogP contribution in [0.3, 0.4) is 0 Å². The van der Waals surface area contributed by atoms with Crippen LogP contribution >= 0.6 is 0 Å². The van der Waals surface area contributed by atoms with Crippen molar-refractivity contribution in [3.05, 3.63) is 0 Å². The van der Waals surface area contributed by atoms with E-state index in [2.05, 4.69) is 27.7 Å². The number of aliphatic carboxylic acids is 1. The van der Waals surface area contributed by atoms with Crippen molar-refractivity contribution in [3.63, 3.8) is 0 Å². The third kappa shape index (κ3) is 4.05. The highest BCUT2D eigenvalue weighted by Gasteiger charge is 2.54. The van der Waals surface area contributed by atoms with Crippen LogP contribution in [0.4, 0.5) is 0 Å². The summed E-state index contributed by atoms with van der Waals surface area (Å²) in [5.74, 6) is -0.199. The zero-order chi connectivity index (χ0) is 15.4. The SMILES string of the molecule is CCC(C)CC(O[SiH](C)C)(C(=O)O)C(C)(C)C(C)C. The molecule has 0 amide bonds. The van der Waals surface area contributed by atoms with Gasteiger partial charge in [-0.15, -0.1) is 0 Å². The number of carboxylic acid groups (broad SMARTS) is 1. The number of hydrogen-bond acceptors (Lipinski definition) is 2. The van der Waals surface area contributed by atoms with Crippen molar-refractivity contribution in [2.45, 2.75) is 73.1 Å². The topological polar surface area (TPSA) is 46.5 Å². The van der Waals surface area contributed by atoms with Crippen molar-refractivity contribution in [2.75, 3.05) is 0 Å². The Balaban J connectivity index is 5.70. The highest BCUT2D eigenvalue weighted by Crippen LogP contribution is 2.45. The Morgan fingerprint density at radius 3 is 2.00 bits per heavy atom. The molecule has 114 valence electrons. The zero-order valence-electron chi connectivity index (χ0n) is 13.9. The molecule has 1 N–H and O–H groups in total. The minimum atomic E-state index is -1.44. The maximum atomic E-state index is 12.1. The van der Waals surface area contributed by atoms with Crippen molar-refractivity contribution in [3.8, 4) is 0 Å². The summed E-state index contributed by atoms with van der Waals surface area (Å²) in [6.45, 7) is 16.5. The molecule has 0 aromatic rings. The molecule has 0 saturated carbocycles. The van der Waals surface area contributed by atoms with Crippen molar-refractivity contribution in [2.24, 2.45) is 17.3 Å². The fourth-order valence-electron chi connectivity index (χ4n) is 2.38. The van der Waals surface area contributed by atoms with E-state index >= 15 is 0 Å². The Morgan fingerprint density at radius 1 is 1.26 bits per heavy atom. The van der Waals surface area contributed by atoms with Crippen LogP contribution in [0.5, 0.6) is 0 Å². The van der Waals surface area contributed by atoms with Crippen LogP contribution in [0.15, 0.2) is 0 Å². The minimum absolute atomic E-state index is 0.250. The van der Waals surface area contributed by atoms with Gasteiger partial charge >= 0.3 is 5.97 Å². The molecule has 4 heteroatoms. The predicted molar refractivity (Wildman–Crippen MR) is 83.0 cm³/mol. The first kappa shape index (κ1) is 18.6. The fraction of sp³-hybridized carbons (Fsp3) is 0.933. The van der Waals surface area contributed by atoms with Gasteiger partial charge in [0.25, 0.3) is 0 Å². The summed E-state index contributed by atoms with van der Waals surface area (Å²) in [6.07, 6.45) is 1.57. The molecule has 0 aromatic carbocycles. The third-order valence-electron chi connectivity index (χ3n) is 4.60. The number of carboxylic acids is 1. The molecular weight excluding hydrogens is 256 g/mol. The lowest BCUT2D eigenvalue weighted by molar-refractivity contribution is -0.175. The lowest BCUT2D eigenvalue weighted by Gasteiger charge is -2.48. The van der Waals surface area contributed by atoms with Gasteiger partial charge < -0.3 is 9.53 Å². The minimum Gasteiger partial charge on any atom is -0.479 e. The molecule has 0 heterocycles. The van der Waals surface area contributed by atoms with Gasteiger partial charge in [0.15, 0.2) is 14.6 Å². The average molecular weight is 289 g/mol. The second kappa shape index (κ2) is 6.89. The van der Waals surface area contributed by atoms with Gasteiger partial charge in [-0.1, -0.05) is 48.0 Å². The molecule has 0 aliphatic heterocycles. The van der Waals surface area contributed by atoms with Gasteiger partial charge in [-0.25, -0.2) is 4.79 Å². The standard InChI is InChI=1S/C15H32O3Si/c1-9-12(4)10-15(13(16)17,18-19(7)8)14(5,6)11(2)3/h11-12,19H,9-10H2,1-8H3,(H,16,17). The van der Waals surface area contributed by atoms with Gasteiger partial charge in [-0.2, -0.15) is 0 Å². The van der Waals surface area contributed by atoms with Crippen molar-refractivity contribution in [1.29, 1.82) is 0 Å². The molecule has 0 aromatic heterocycles. The largest absolute Gasteiger partial charge is 0.479 e. The predicted octanol–water partition coefficient (Wildman–Crippen LogP) is 3.93. The smallest absolute Gasteiger partial charge is 0.335 e. The maximum Gasteiger partial charge on any atom is 0.335 e. The molecule has 0 fully saturated rings. The third-order valence-corrected chi connectivity index (χ3v) is 5.47. The summed E-state index contributed by atoms with van der Waals surface area (Å²) in [6, 6.07) is 0. The summed E-state index contributed by atoms with van der Waals surface area (Å²) in [5, 5.41) is 9.90. The summed E-state index contributed by atoms with van der Waals surface area (Å²) < 4.78 is 6.14. The number of rotatable bonds is 8.